The topological polar surface area (TPSA) is 114 Å². The van der Waals surface area contributed by atoms with Crippen LogP contribution in [0.25, 0.3) is 0 Å². The number of hydrogen-bond acceptors (Lipinski definition) is 7. The molecule has 0 spiro atoms. The average Bonchev–Trinajstić information content (AvgIpc) is 2.81. The Hall–Kier alpha value is -2.51. The summed E-state index contributed by atoms with van der Waals surface area (Å²) in [4.78, 5) is 22.6. The molecule has 2 aromatic rings. The Morgan fingerprint density at radius 1 is 1.50 bits per heavy atom. The van der Waals surface area contributed by atoms with E-state index in [4.69, 9.17) is 5.11 Å². The smallest absolute Gasteiger partial charge is 0.339 e. The molecule has 18 heavy (non-hydrogen) atoms. The van der Waals surface area contributed by atoms with Gasteiger partial charge in [-0.3, -0.25) is 0 Å². The Kier molecular flexibility index (Phi) is 3.46. The first-order valence-electron chi connectivity index (χ1n) is 5.23. The summed E-state index contributed by atoms with van der Waals surface area (Å²) in [6.07, 6.45) is 3.11. The number of carboxylic acid groups (broad SMARTS) is 1. The molecule has 8 nitrogen and oxygen atoms in total. The maximum absolute atomic E-state index is 10.8. The van der Waals surface area contributed by atoms with Crippen molar-refractivity contribution in [2.45, 2.75) is 13.3 Å². The van der Waals surface area contributed by atoms with Gasteiger partial charge in [0.25, 0.3) is 0 Å². The minimum Gasteiger partial charge on any atom is -0.478 e. The van der Waals surface area contributed by atoms with Crippen LogP contribution in [0, 0.1) is 6.92 Å². The van der Waals surface area contributed by atoms with Gasteiger partial charge in [0.15, 0.2) is 5.82 Å². The number of aromatic carboxylic acids is 1. The normalized spacial score (nSPS) is 10.3. The molecule has 0 amide bonds. The van der Waals surface area contributed by atoms with Gasteiger partial charge in [0, 0.05) is 19.2 Å². The van der Waals surface area contributed by atoms with E-state index in [0.717, 1.165) is 0 Å². The number of carbonyl (C=O) groups is 1. The lowest BCUT2D eigenvalue weighted by atomic mass is 10.2. The minimum atomic E-state index is -1.04. The van der Waals surface area contributed by atoms with Gasteiger partial charge < -0.3 is 14.9 Å². The Balaban J connectivity index is 1.94. The highest BCUT2D eigenvalue weighted by Gasteiger charge is 2.09. The Bertz CT molecular complexity index is 540. The number of hydrogen-bond donors (Lipinski definition) is 2. The molecular weight excluding hydrogens is 238 g/mol. The molecule has 0 radical (unpaired) electrons. The van der Waals surface area contributed by atoms with Crippen LogP contribution in [0.1, 0.15) is 21.9 Å². The zero-order valence-corrected chi connectivity index (χ0v) is 9.62. The van der Waals surface area contributed by atoms with Crippen LogP contribution >= 0.6 is 0 Å². The van der Waals surface area contributed by atoms with Gasteiger partial charge in [-0.2, -0.15) is 4.98 Å². The first-order chi connectivity index (χ1) is 8.66. The molecule has 0 aliphatic carbocycles. The van der Waals surface area contributed by atoms with E-state index in [-0.39, 0.29) is 5.56 Å². The molecule has 2 heterocycles. The predicted molar refractivity (Wildman–Crippen MR) is 60.2 cm³/mol. The van der Waals surface area contributed by atoms with Crippen molar-refractivity contribution in [1.29, 1.82) is 0 Å². The molecule has 2 rings (SSSR count). The summed E-state index contributed by atoms with van der Waals surface area (Å²) < 4.78 is 4.59. The first-order valence-corrected chi connectivity index (χ1v) is 5.23. The number of nitrogens with one attached hydrogen (secondary N) is 1. The Morgan fingerprint density at radius 2 is 2.33 bits per heavy atom. The first kappa shape index (κ1) is 12.0. The molecule has 0 saturated heterocycles. The van der Waals surface area contributed by atoms with Gasteiger partial charge in [-0.15, -0.1) is 0 Å². The second-order valence-corrected chi connectivity index (χ2v) is 3.52. The van der Waals surface area contributed by atoms with Gasteiger partial charge in [0.05, 0.1) is 11.3 Å². The summed E-state index contributed by atoms with van der Waals surface area (Å²) in [6.45, 7) is 2.15. The van der Waals surface area contributed by atoms with Crippen LogP contribution < -0.4 is 5.32 Å². The zero-order valence-electron chi connectivity index (χ0n) is 9.62. The second-order valence-electron chi connectivity index (χ2n) is 3.52. The lowest BCUT2D eigenvalue weighted by molar-refractivity contribution is 0.0695. The number of carboxylic acids is 1. The van der Waals surface area contributed by atoms with E-state index in [1.54, 1.807) is 6.92 Å². The van der Waals surface area contributed by atoms with Crippen LogP contribution in [-0.2, 0) is 6.42 Å². The molecule has 0 bridgehead atoms. The van der Waals surface area contributed by atoms with Crippen LogP contribution in [0.2, 0.25) is 0 Å². The standard InChI is InChI=1S/C10H11N5O3/c1-6-7(9(16)17)4-12-10(14-6)11-3-2-8-13-5-18-15-8/h4-5H,2-3H2,1H3,(H,16,17)(H,11,12,14). The highest BCUT2D eigenvalue weighted by atomic mass is 16.5. The van der Waals surface area contributed by atoms with E-state index in [0.29, 0.717) is 30.4 Å². The molecule has 0 saturated carbocycles. The van der Waals surface area contributed by atoms with Crippen molar-refractivity contribution in [3.63, 3.8) is 0 Å². The van der Waals surface area contributed by atoms with Crippen molar-refractivity contribution in [2.24, 2.45) is 0 Å². The van der Waals surface area contributed by atoms with E-state index in [2.05, 4.69) is 29.9 Å². The molecule has 0 fully saturated rings. The van der Waals surface area contributed by atoms with Crippen molar-refractivity contribution in [1.82, 2.24) is 20.1 Å². The number of aromatic nitrogens is 4. The summed E-state index contributed by atoms with van der Waals surface area (Å²) >= 11 is 0. The third-order valence-electron chi connectivity index (χ3n) is 2.25. The maximum atomic E-state index is 10.8. The van der Waals surface area contributed by atoms with Crippen LogP contribution in [0.4, 0.5) is 5.95 Å². The fourth-order valence-corrected chi connectivity index (χ4v) is 1.35. The zero-order chi connectivity index (χ0) is 13.0. The lowest BCUT2D eigenvalue weighted by Crippen LogP contribution is -2.11. The molecule has 2 N–H and O–H groups in total. The quantitative estimate of drug-likeness (QED) is 0.788. The summed E-state index contributed by atoms with van der Waals surface area (Å²) in [7, 11) is 0. The highest BCUT2D eigenvalue weighted by molar-refractivity contribution is 5.88. The molecule has 0 atom stereocenters. The highest BCUT2D eigenvalue weighted by Crippen LogP contribution is 2.06. The van der Waals surface area contributed by atoms with Crippen molar-refractivity contribution in [2.75, 3.05) is 11.9 Å². The van der Waals surface area contributed by atoms with Crippen molar-refractivity contribution < 1.29 is 14.4 Å². The summed E-state index contributed by atoms with van der Waals surface area (Å²) in [5.74, 6) is -0.0757. The van der Waals surface area contributed by atoms with Crippen molar-refractivity contribution in [3.8, 4) is 0 Å². The van der Waals surface area contributed by atoms with Gasteiger partial charge in [0.1, 0.15) is 0 Å². The van der Waals surface area contributed by atoms with E-state index in [1.165, 1.54) is 12.6 Å². The van der Waals surface area contributed by atoms with Crippen LogP contribution in [-0.4, -0.2) is 37.7 Å². The number of anilines is 1. The van der Waals surface area contributed by atoms with Crippen molar-refractivity contribution >= 4 is 11.9 Å². The number of aryl methyl sites for hydroxylation is 1. The molecule has 0 aliphatic heterocycles. The largest absolute Gasteiger partial charge is 0.478 e. The molecule has 8 heteroatoms. The third kappa shape index (κ3) is 2.78. The van der Waals surface area contributed by atoms with Gasteiger partial charge in [-0.05, 0) is 6.92 Å². The van der Waals surface area contributed by atoms with Crippen LogP contribution in [0.15, 0.2) is 17.1 Å². The van der Waals surface area contributed by atoms with Gasteiger partial charge in [0.2, 0.25) is 12.3 Å². The fourth-order valence-electron chi connectivity index (χ4n) is 1.35. The minimum absolute atomic E-state index is 0.0960. The van der Waals surface area contributed by atoms with Crippen LogP contribution in [0.5, 0.6) is 0 Å². The van der Waals surface area contributed by atoms with Gasteiger partial charge in [-0.25, -0.2) is 14.8 Å². The molecule has 2 aromatic heterocycles. The van der Waals surface area contributed by atoms with Crippen LogP contribution in [0.3, 0.4) is 0 Å². The predicted octanol–water partition coefficient (Wildman–Crippen LogP) is 0.521. The summed E-state index contributed by atoms with van der Waals surface area (Å²) in [5.41, 5.74) is 0.512. The van der Waals surface area contributed by atoms with Crippen molar-refractivity contribution in [3.05, 3.63) is 29.7 Å². The Morgan fingerprint density at radius 3 is 2.94 bits per heavy atom. The van der Waals surface area contributed by atoms with E-state index in [1.807, 2.05) is 0 Å². The SMILES string of the molecule is Cc1nc(NCCc2ncon2)ncc1C(=O)O. The lowest BCUT2D eigenvalue weighted by Gasteiger charge is -2.05. The van der Waals surface area contributed by atoms with E-state index >= 15 is 0 Å². The molecular formula is C10H11N5O3. The Labute approximate surface area is 102 Å². The number of rotatable bonds is 5. The van der Waals surface area contributed by atoms with E-state index in [9.17, 15) is 4.79 Å². The van der Waals surface area contributed by atoms with Gasteiger partial charge in [-0.1, -0.05) is 5.16 Å². The average molecular weight is 249 g/mol. The summed E-state index contributed by atoms with van der Waals surface area (Å²) in [5, 5.41) is 15.4. The molecule has 94 valence electrons. The summed E-state index contributed by atoms with van der Waals surface area (Å²) in [6, 6.07) is 0. The second kappa shape index (κ2) is 5.21. The molecule has 0 unspecified atom stereocenters. The third-order valence-corrected chi connectivity index (χ3v) is 2.25. The van der Waals surface area contributed by atoms with Gasteiger partial charge >= 0.3 is 5.97 Å². The maximum Gasteiger partial charge on any atom is 0.339 e. The monoisotopic (exact) mass is 249 g/mol. The number of nitrogens with zero attached hydrogens (tertiary/aromatic N) is 4. The molecule has 0 aliphatic rings. The van der Waals surface area contributed by atoms with E-state index < -0.39 is 5.97 Å². The fraction of sp³-hybridized carbons (Fsp3) is 0.300. The molecule has 0 aromatic carbocycles.